The number of carboxylic acid groups (broad SMARTS) is 2. The van der Waals surface area contributed by atoms with Crippen molar-refractivity contribution in [3.05, 3.63) is 87.1 Å². The zero-order chi connectivity index (χ0) is 29.1. The predicted octanol–water partition coefficient (Wildman–Crippen LogP) is 4.04. The maximum absolute atomic E-state index is 12.8. The molecule has 0 radical (unpaired) electrons. The lowest BCUT2D eigenvalue weighted by molar-refractivity contribution is -0.135. The normalized spacial score (nSPS) is 11.3. The van der Waals surface area contributed by atoms with Gasteiger partial charge in [-0.15, -0.1) is 0 Å². The van der Waals surface area contributed by atoms with Gasteiger partial charge in [0.2, 0.25) is 0 Å². The molecule has 1 aliphatic heterocycles. The predicted molar refractivity (Wildman–Crippen MR) is 142 cm³/mol. The number of phenolic OH excluding ortho intramolecular Hbond substituents is 1. The summed E-state index contributed by atoms with van der Waals surface area (Å²) in [6.45, 7) is 0. The van der Waals surface area contributed by atoms with Crippen LogP contribution in [-0.4, -0.2) is 53.4 Å². The molecule has 202 valence electrons. The van der Waals surface area contributed by atoms with Crippen molar-refractivity contribution < 1.29 is 48.4 Å². The van der Waals surface area contributed by atoms with Gasteiger partial charge in [0.25, 0.3) is 0 Å². The van der Waals surface area contributed by atoms with E-state index >= 15 is 0 Å². The van der Waals surface area contributed by atoms with Gasteiger partial charge in [-0.05, 0) is 48.0 Å². The van der Waals surface area contributed by atoms with Gasteiger partial charge in [-0.2, -0.15) is 0 Å². The number of phenols is 1. The van der Waals surface area contributed by atoms with Crippen LogP contribution in [0.25, 0.3) is 45.6 Å². The number of esters is 2. The number of hydrogen-bond donors (Lipinski definition) is 3. The molecule has 2 aromatic rings. The third-order valence-corrected chi connectivity index (χ3v) is 5.97. The number of carbonyl (C=O) groups is 4. The van der Waals surface area contributed by atoms with Crippen LogP contribution in [0.2, 0.25) is 0 Å². The molecule has 1 heterocycles. The summed E-state index contributed by atoms with van der Waals surface area (Å²) in [5.74, 6) is -4.39. The van der Waals surface area contributed by atoms with E-state index in [4.69, 9.17) is 4.42 Å². The molecule has 0 unspecified atom stereocenters. The van der Waals surface area contributed by atoms with Gasteiger partial charge in [-0.25, -0.2) is 19.2 Å². The van der Waals surface area contributed by atoms with E-state index in [1.165, 1.54) is 50.6 Å². The van der Waals surface area contributed by atoms with Crippen LogP contribution in [0, 0.1) is 0 Å². The van der Waals surface area contributed by atoms with Crippen LogP contribution in [0.4, 0.5) is 0 Å². The number of aromatic hydroxyl groups is 1. The molecular formula is C29H20O11. The van der Waals surface area contributed by atoms with Crippen LogP contribution >= 0.6 is 0 Å². The molecule has 11 nitrogen and oxygen atoms in total. The number of hydrogen-bond acceptors (Lipinski definition) is 9. The average Bonchev–Trinajstić information content (AvgIpc) is 2.93. The Hall–Kier alpha value is -5.71. The highest BCUT2D eigenvalue weighted by atomic mass is 16.5. The highest BCUT2D eigenvalue weighted by molar-refractivity contribution is 6.09. The summed E-state index contributed by atoms with van der Waals surface area (Å²) in [4.78, 5) is 60.1. The Bertz CT molecular complexity index is 1790. The maximum Gasteiger partial charge on any atom is 0.336 e. The number of aromatic carboxylic acids is 2. The lowest BCUT2D eigenvalue weighted by atomic mass is 9.88. The van der Waals surface area contributed by atoms with E-state index < -0.39 is 29.3 Å². The van der Waals surface area contributed by atoms with Crippen LogP contribution in [0.1, 0.15) is 31.8 Å². The second-order valence-corrected chi connectivity index (χ2v) is 8.35. The third kappa shape index (κ3) is 5.29. The zero-order valence-corrected chi connectivity index (χ0v) is 21.0. The number of methoxy groups -OCH3 is 2. The lowest BCUT2D eigenvalue weighted by Gasteiger charge is -2.18. The summed E-state index contributed by atoms with van der Waals surface area (Å²) in [6.07, 6.45) is 4.58. The highest BCUT2D eigenvalue weighted by Gasteiger charge is 2.24. The fraction of sp³-hybridized carbons (Fsp3) is 0.0690. The summed E-state index contributed by atoms with van der Waals surface area (Å²) in [6, 6.07) is 8.57. The molecule has 0 saturated heterocycles. The van der Waals surface area contributed by atoms with Crippen LogP contribution in [-0.2, 0) is 19.1 Å². The first-order valence-corrected chi connectivity index (χ1v) is 11.4. The molecule has 4 rings (SSSR count). The molecule has 2 aromatic carbocycles. The molecule has 0 saturated carbocycles. The molecule has 11 heteroatoms. The fourth-order valence-corrected chi connectivity index (χ4v) is 4.06. The first-order valence-electron chi connectivity index (χ1n) is 11.4. The van der Waals surface area contributed by atoms with Crippen molar-refractivity contribution in [3.63, 3.8) is 0 Å². The number of ether oxygens (including phenoxy) is 2. The van der Waals surface area contributed by atoms with Gasteiger partial charge >= 0.3 is 23.9 Å². The SMILES string of the molecule is COC(=O)/C=C/c1cc2c(-c3cc(C(=O)O)ccc3C(=O)O)c3cc(/C=C/C(=O)OC)c(=O)cc-3oc2cc1O. The molecule has 2 aliphatic rings. The Kier molecular flexibility index (Phi) is 7.48. The Morgan fingerprint density at radius 2 is 1.45 bits per heavy atom. The molecule has 0 spiro atoms. The molecule has 0 bridgehead atoms. The smallest absolute Gasteiger partial charge is 0.336 e. The van der Waals surface area contributed by atoms with Crippen LogP contribution in [0.15, 0.2) is 63.8 Å². The van der Waals surface area contributed by atoms with Crippen molar-refractivity contribution in [2.45, 2.75) is 0 Å². The first-order chi connectivity index (χ1) is 19.0. The van der Waals surface area contributed by atoms with E-state index in [1.54, 1.807) is 0 Å². The summed E-state index contributed by atoms with van der Waals surface area (Å²) < 4.78 is 15.1. The van der Waals surface area contributed by atoms with Crippen molar-refractivity contribution in [2.75, 3.05) is 14.2 Å². The second-order valence-electron chi connectivity index (χ2n) is 8.35. The number of carbonyl (C=O) groups excluding carboxylic acids is 2. The van der Waals surface area contributed by atoms with Gasteiger partial charge in [0, 0.05) is 51.9 Å². The zero-order valence-electron chi connectivity index (χ0n) is 21.0. The molecule has 3 N–H and O–H groups in total. The molecule has 0 aromatic heterocycles. The molecule has 40 heavy (non-hydrogen) atoms. The van der Waals surface area contributed by atoms with E-state index in [0.717, 1.165) is 30.4 Å². The molecule has 0 amide bonds. The Morgan fingerprint density at radius 1 is 0.800 bits per heavy atom. The van der Waals surface area contributed by atoms with Gasteiger partial charge < -0.3 is 29.2 Å². The molecule has 0 atom stereocenters. The van der Waals surface area contributed by atoms with Gasteiger partial charge in [0.15, 0.2) is 5.43 Å². The van der Waals surface area contributed by atoms with Crippen LogP contribution < -0.4 is 5.43 Å². The minimum absolute atomic E-state index is 0.00274. The van der Waals surface area contributed by atoms with E-state index in [-0.39, 0.29) is 61.4 Å². The van der Waals surface area contributed by atoms with Gasteiger partial charge in [-0.1, -0.05) is 0 Å². The number of benzene rings is 3. The van der Waals surface area contributed by atoms with E-state index in [0.29, 0.717) is 0 Å². The van der Waals surface area contributed by atoms with E-state index in [1.807, 2.05) is 0 Å². The van der Waals surface area contributed by atoms with Gasteiger partial charge in [0.1, 0.15) is 17.1 Å². The van der Waals surface area contributed by atoms with Crippen molar-refractivity contribution in [1.29, 1.82) is 0 Å². The standard InChI is InChI=1S/C29H20O11/c1-38-25(32)7-4-14-9-19-23(12-21(14)30)40-24-13-22(31)15(5-8-26(33)39-2)10-20(24)27(19)18-11-16(28(34)35)3-6-17(18)29(36)37/h3-13,30H,1-2H3,(H,34,35)(H,36,37)/b7-4+,8-5+. The summed E-state index contributed by atoms with van der Waals surface area (Å²) >= 11 is 0. The first kappa shape index (κ1) is 27.3. The molecule has 1 aliphatic carbocycles. The van der Waals surface area contributed by atoms with Crippen molar-refractivity contribution in [3.8, 4) is 28.2 Å². The van der Waals surface area contributed by atoms with Crippen molar-refractivity contribution in [2.24, 2.45) is 0 Å². The van der Waals surface area contributed by atoms with Crippen LogP contribution in [0.5, 0.6) is 5.75 Å². The monoisotopic (exact) mass is 544 g/mol. The fourth-order valence-electron chi connectivity index (χ4n) is 4.06. The quantitative estimate of drug-likeness (QED) is 0.174. The number of rotatable bonds is 7. The van der Waals surface area contributed by atoms with Crippen molar-refractivity contribution in [1.82, 2.24) is 0 Å². The third-order valence-electron chi connectivity index (χ3n) is 5.97. The highest BCUT2D eigenvalue weighted by Crippen LogP contribution is 2.43. The maximum atomic E-state index is 12.8. The summed E-state index contributed by atoms with van der Waals surface area (Å²) in [5, 5.41) is 30.4. The number of carboxylic acids is 2. The van der Waals surface area contributed by atoms with Gasteiger partial charge in [-0.3, -0.25) is 4.79 Å². The lowest BCUT2D eigenvalue weighted by Crippen LogP contribution is -2.08. The van der Waals surface area contributed by atoms with E-state index in [2.05, 4.69) is 9.47 Å². The molecule has 0 fully saturated rings. The summed E-state index contributed by atoms with van der Waals surface area (Å²) in [5.41, 5.74) is -0.461. The largest absolute Gasteiger partial charge is 0.507 e. The number of fused-ring (bicyclic) bond motifs is 2. The van der Waals surface area contributed by atoms with Crippen molar-refractivity contribution >= 4 is 47.0 Å². The van der Waals surface area contributed by atoms with Gasteiger partial charge in [0.05, 0.1) is 25.3 Å². The molecular weight excluding hydrogens is 524 g/mol. The minimum atomic E-state index is -1.36. The second kappa shape index (κ2) is 11.0. The topological polar surface area (TPSA) is 178 Å². The Balaban J connectivity index is 2.19. The Morgan fingerprint density at radius 3 is 2.05 bits per heavy atom. The minimum Gasteiger partial charge on any atom is -0.507 e. The van der Waals surface area contributed by atoms with E-state index in [9.17, 15) is 39.3 Å². The average molecular weight is 544 g/mol. The Labute approximate surface area is 225 Å². The summed E-state index contributed by atoms with van der Waals surface area (Å²) in [7, 11) is 2.34. The van der Waals surface area contributed by atoms with Crippen LogP contribution in [0.3, 0.4) is 0 Å².